The number of likely N-dealkylation sites (tertiary alicyclic amines) is 1. The molecule has 1 fully saturated rings. The Labute approximate surface area is 149 Å². The van der Waals surface area contributed by atoms with E-state index in [-0.39, 0.29) is 11.9 Å². The molecule has 132 valence electrons. The lowest BCUT2D eigenvalue weighted by Crippen LogP contribution is -2.38. The van der Waals surface area contributed by atoms with Gasteiger partial charge in [0.25, 0.3) is 5.91 Å². The first-order chi connectivity index (χ1) is 12.0. The van der Waals surface area contributed by atoms with Crippen molar-refractivity contribution >= 4 is 11.7 Å². The maximum Gasteiger partial charge on any atom is 0.253 e. The quantitative estimate of drug-likeness (QED) is 0.853. The fourth-order valence-electron chi connectivity index (χ4n) is 3.13. The van der Waals surface area contributed by atoms with E-state index in [9.17, 15) is 4.79 Å². The molecular weight excluding hydrogens is 314 g/mol. The van der Waals surface area contributed by atoms with Gasteiger partial charge in [0, 0.05) is 44.9 Å². The fourth-order valence-corrected chi connectivity index (χ4v) is 3.13. The maximum absolute atomic E-state index is 12.8. The summed E-state index contributed by atoms with van der Waals surface area (Å²) in [5.41, 5.74) is 2.36. The molecule has 0 unspecified atom stereocenters. The molecular formula is C19H25N5O. The van der Waals surface area contributed by atoms with E-state index in [0.29, 0.717) is 5.56 Å². The zero-order valence-corrected chi connectivity index (χ0v) is 15.3. The molecule has 1 atom stereocenters. The molecule has 1 saturated heterocycles. The van der Waals surface area contributed by atoms with Crippen molar-refractivity contribution in [2.75, 3.05) is 46.2 Å². The van der Waals surface area contributed by atoms with Crippen molar-refractivity contribution in [1.82, 2.24) is 20.0 Å². The second kappa shape index (κ2) is 7.19. The van der Waals surface area contributed by atoms with E-state index in [1.807, 2.05) is 67.3 Å². The minimum Gasteiger partial charge on any atom is -0.361 e. The van der Waals surface area contributed by atoms with Gasteiger partial charge in [-0.1, -0.05) is 12.1 Å². The number of carbonyl (C=O) groups is 1. The van der Waals surface area contributed by atoms with Gasteiger partial charge in [0.05, 0.1) is 5.69 Å². The molecule has 0 saturated carbocycles. The Kier molecular flexibility index (Phi) is 4.99. The third-order valence-corrected chi connectivity index (χ3v) is 4.75. The van der Waals surface area contributed by atoms with Crippen LogP contribution in [0.2, 0.25) is 0 Å². The standard InChI is InChI=1S/C19H25N5O/c1-22(2)18-9-8-17(20-21-18)14-6-5-7-15(12-14)19(25)24(4)16-10-11-23(3)13-16/h5-9,12,16H,10-11,13H2,1-4H3/t16-/m0/s1. The smallest absolute Gasteiger partial charge is 0.253 e. The lowest BCUT2D eigenvalue weighted by Gasteiger charge is -2.24. The van der Waals surface area contributed by atoms with Crippen LogP contribution in [0.15, 0.2) is 36.4 Å². The average molecular weight is 339 g/mol. The van der Waals surface area contributed by atoms with E-state index >= 15 is 0 Å². The van der Waals surface area contributed by atoms with Crippen LogP contribution in [0.3, 0.4) is 0 Å². The van der Waals surface area contributed by atoms with Crippen molar-refractivity contribution in [2.24, 2.45) is 0 Å². The van der Waals surface area contributed by atoms with Gasteiger partial charge in [0.2, 0.25) is 0 Å². The zero-order chi connectivity index (χ0) is 18.0. The first kappa shape index (κ1) is 17.4. The summed E-state index contributed by atoms with van der Waals surface area (Å²) >= 11 is 0. The van der Waals surface area contributed by atoms with Gasteiger partial charge in [0.15, 0.2) is 5.82 Å². The molecule has 1 aliphatic rings. The third kappa shape index (κ3) is 3.79. The molecule has 2 heterocycles. The number of carbonyl (C=O) groups excluding carboxylic acids is 1. The summed E-state index contributed by atoms with van der Waals surface area (Å²) in [4.78, 5) is 18.9. The highest BCUT2D eigenvalue weighted by molar-refractivity contribution is 5.95. The lowest BCUT2D eigenvalue weighted by atomic mass is 10.1. The van der Waals surface area contributed by atoms with E-state index in [2.05, 4.69) is 22.1 Å². The van der Waals surface area contributed by atoms with Gasteiger partial charge in [-0.05, 0) is 44.3 Å². The van der Waals surface area contributed by atoms with E-state index < -0.39 is 0 Å². The summed E-state index contributed by atoms with van der Waals surface area (Å²) < 4.78 is 0. The molecule has 25 heavy (non-hydrogen) atoms. The van der Waals surface area contributed by atoms with Crippen molar-refractivity contribution in [3.8, 4) is 11.3 Å². The topological polar surface area (TPSA) is 52.6 Å². The van der Waals surface area contributed by atoms with Crippen LogP contribution in [0.25, 0.3) is 11.3 Å². The number of aromatic nitrogens is 2. The Morgan fingerprint density at radius 3 is 2.56 bits per heavy atom. The molecule has 6 nitrogen and oxygen atoms in total. The predicted octanol–water partition coefficient (Wildman–Crippen LogP) is 1.99. The van der Waals surface area contributed by atoms with Crippen LogP contribution in [0.1, 0.15) is 16.8 Å². The lowest BCUT2D eigenvalue weighted by molar-refractivity contribution is 0.0737. The highest BCUT2D eigenvalue weighted by Crippen LogP contribution is 2.21. The Bertz CT molecular complexity index is 744. The summed E-state index contributed by atoms with van der Waals surface area (Å²) in [7, 11) is 7.85. The summed E-state index contributed by atoms with van der Waals surface area (Å²) in [6, 6.07) is 11.8. The van der Waals surface area contributed by atoms with Crippen molar-refractivity contribution < 1.29 is 4.79 Å². The number of nitrogens with zero attached hydrogens (tertiary/aromatic N) is 5. The number of hydrogen-bond donors (Lipinski definition) is 0. The van der Waals surface area contributed by atoms with Crippen LogP contribution in [0.4, 0.5) is 5.82 Å². The summed E-state index contributed by atoms with van der Waals surface area (Å²) in [5, 5.41) is 8.49. The predicted molar refractivity (Wildman–Crippen MR) is 99.8 cm³/mol. The minimum atomic E-state index is 0.0556. The van der Waals surface area contributed by atoms with E-state index in [4.69, 9.17) is 0 Å². The van der Waals surface area contributed by atoms with Gasteiger partial charge in [0.1, 0.15) is 0 Å². The maximum atomic E-state index is 12.8. The van der Waals surface area contributed by atoms with Crippen molar-refractivity contribution in [1.29, 1.82) is 0 Å². The Balaban J connectivity index is 1.80. The first-order valence-electron chi connectivity index (χ1n) is 8.53. The number of likely N-dealkylation sites (N-methyl/N-ethyl adjacent to an activating group) is 2. The molecule has 0 radical (unpaired) electrons. The van der Waals surface area contributed by atoms with E-state index in [0.717, 1.165) is 36.6 Å². The van der Waals surface area contributed by atoms with Gasteiger partial charge < -0.3 is 14.7 Å². The second-order valence-corrected chi connectivity index (χ2v) is 6.87. The molecule has 3 rings (SSSR count). The second-order valence-electron chi connectivity index (χ2n) is 6.87. The van der Waals surface area contributed by atoms with Crippen molar-refractivity contribution in [3.05, 3.63) is 42.0 Å². The molecule has 2 aromatic rings. The SMILES string of the molecule is CN1CC[C@H](N(C)C(=O)c2cccc(-c3ccc(N(C)C)nn3)c2)C1. The van der Waals surface area contributed by atoms with Crippen LogP contribution < -0.4 is 4.90 Å². The number of hydrogen-bond acceptors (Lipinski definition) is 5. The largest absolute Gasteiger partial charge is 0.361 e. The van der Waals surface area contributed by atoms with Gasteiger partial charge in [-0.15, -0.1) is 10.2 Å². The number of anilines is 1. The first-order valence-corrected chi connectivity index (χ1v) is 8.53. The fraction of sp³-hybridized carbons (Fsp3) is 0.421. The van der Waals surface area contributed by atoms with Gasteiger partial charge in [-0.25, -0.2) is 0 Å². The van der Waals surface area contributed by atoms with Crippen molar-refractivity contribution in [3.63, 3.8) is 0 Å². The Morgan fingerprint density at radius 2 is 1.96 bits per heavy atom. The van der Waals surface area contributed by atoms with Crippen LogP contribution >= 0.6 is 0 Å². The van der Waals surface area contributed by atoms with Gasteiger partial charge >= 0.3 is 0 Å². The molecule has 0 bridgehead atoms. The third-order valence-electron chi connectivity index (χ3n) is 4.75. The molecule has 1 amide bonds. The highest BCUT2D eigenvalue weighted by Gasteiger charge is 2.27. The molecule has 0 aliphatic carbocycles. The molecule has 0 spiro atoms. The van der Waals surface area contributed by atoms with E-state index in [1.165, 1.54) is 0 Å². The Hall–Kier alpha value is -2.47. The Morgan fingerprint density at radius 1 is 1.16 bits per heavy atom. The summed E-state index contributed by atoms with van der Waals surface area (Å²) in [5.74, 6) is 0.862. The van der Waals surface area contributed by atoms with Gasteiger partial charge in [-0.2, -0.15) is 0 Å². The average Bonchev–Trinajstić information content (AvgIpc) is 3.07. The van der Waals surface area contributed by atoms with Crippen molar-refractivity contribution in [2.45, 2.75) is 12.5 Å². The zero-order valence-electron chi connectivity index (χ0n) is 15.3. The molecule has 1 aliphatic heterocycles. The van der Waals surface area contributed by atoms with Crippen LogP contribution in [0, 0.1) is 0 Å². The number of benzene rings is 1. The van der Waals surface area contributed by atoms with Gasteiger partial charge in [-0.3, -0.25) is 4.79 Å². The minimum absolute atomic E-state index is 0.0556. The van der Waals surface area contributed by atoms with E-state index in [1.54, 1.807) is 0 Å². The molecule has 6 heteroatoms. The number of amides is 1. The molecule has 0 N–H and O–H groups in total. The van der Waals surface area contributed by atoms with Crippen LogP contribution in [-0.2, 0) is 0 Å². The molecule has 1 aromatic heterocycles. The summed E-state index contributed by atoms with van der Waals surface area (Å²) in [6.45, 7) is 1.97. The summed E-state index contributed by atoms with van der Waals surface area (Å²) in [6.07, 6.45) is 1.02. The highest BCUT2D eigenvalue weighted by atomic mass is 16.2. The number of rotatable bonds is 4. The normalized spacial score (nSPS) is 17.5. The van der Waals surface area contributed by atoms with Crippen LogP contribution in [0.5, 0.6) is 0 Å². The molecule has 1 aromatic carbocycles. The van der Waals surface area contributed by atoms with Crippen LogP contribution in [-0.4, -0.2) is 73.2 Å². The monoisotopic (exact) mass is 339 g/mol.